The first-order chi connectivity index (χ1) is 12.9. The Morgan fingerprint density at radius 1 is 1.04 bits per heavy atom. The van der Waals surface area contributed by atoms with Crippen molar-refractivity contribution in [3.8, 4) is 11.5 Å². The third-order valence-corrected chi connectivity index (χ3v) is 5.15. The summed E-state index contributed by atoms with van der Waals surface area (Å²) in [6.07, 6.45) is 4.07. The molecule has 1 N–H and O–H groups in total. The molecule has 1 aliphatic heterocycles. The zero-order valence-corrected chi connectivity index (χ0v) is 16.1. The minimum Gasteiger partial charge on any atom is -0.457 e. The first kappa shape index (κ1) is 19.4. The number of hydrogen-bond donors (Lipinski definition) is 1. The molecule has 6 nitrogen and oxygen atoms in total. The number of piperidine rings is 1. The lowest BCUT2D eigenvalue weighted by atomic mass is 9.98. The smallest absolute Gasteiger partial charge is 0.229 e. The Morgan fingerprint density at radius 3 is 2.11 bits per heavy atom. The van der Waals surface area contributed by atoms with Crippen LogP contribution in [0.5, 0.6) is 11.5 Å². The van der Waals surface area contributed by atoms with Gasteiger partial charge in [0, 0.05) is 18.2 Å². The second kappa shape index (κ2) is 8.54. The van der Waals surface area contributed by atoms with Gasteiger partial charge in [0.15, 0.2) is 0 Å². The van der Waals surface area contributed by atoms with Gasteiger partial charge in [-0.1, -0.05) is 12.1 Å². The maximum atomic E-state index is 11.2. The van der Waals surface area contributed by atoms with Crippen LogP contribution in [-0.4, -0.2) is 38.9 Å². The molecule has 27 heavy (non-hydrogen) atoms. The van der Waals surface area contributed by atoms with Gasteiger partial charge in [-0.15, -0.1) is 0 Å². The summed E-state index contributed by atoms with van der Waals surface area (Å²) in [7, 11) is -3.28. The summed E-state index contributed by atoms with van der Waals surface area (Å²) in [5.41, 5.74) is 1.71. The summed E-state index contributed by atoms with van der Waals surface area (Å²) >= 11 is 0. The highest BCUT2D eigenvalue weighted by atomic mass is 32.2. The van der Waals surface area contributed by atoms with Gasteiger partial charge in [-0.3, -0.25) is 9.62 Å². The number of ether oxygens (including phenoxy) is 1. The lowest BCUT2D eigenvalue weighted by Crippen LogP contribution is -2.33. The molecule has 144 valence electrons. The molecular formula is C20H24N2O4S. The highest BCUT2D eigenvalue weighted by Gasteiger charge is 2.18. The van der Waals surface area contributed by atoms with Gasteiger partial charge in [-0.25, -0.2) is 8.42 Å². The molecule has 1 saturated heterocycles. The van der Waals surface area contributed by atoms with E-state index in [-0.39, 0.29) is 5.92 Å². The summed E-state index contributed by atoms with van der Waals surface area (Å²) in [5, 5.41) is 0. The zero-order valence-electron chi connectivity index (χ0n) is 15.3. The SMILES string of the molecule is CS(=O)(=O)Nc1ccc(Oc2ccc(CN3CCC(C=O)CC3)cc2)cc1. The predicted octanol–water partition coefficient (Wildman–Crippen LogP) is 3.26. The van der Waals surface area contributed by atoms with Gasteiger partial charge < -0.3 is 9.53 Å². The van der Waals surface area contributed by atoms with Crippen LogP contribution in [0.3, 0.4) is 0 Å². The molecule has 0 bridgehead atoms. The zero-order chi connectivity index (χ0) is 19.3. The van der Waals surface area contributed by atoms with E-state index in [0.29, 0.717) is 11.4 Å². The minimum atomic E-state index is -3.28. The van der Waals surface area contributed by atoms with Crippen molar-refractivity contribution < 1.29 is 17.9 Å². The number of carbonyl (C=O) groups excluding carboxylic acids is 1. The fraction of sp³-hybridized carbons (Fsp3) is 0.350. The number of sulfonamides is 1. The molecule has 0 radical (unpaired) electrons. The molecule has 0 aromatic heterocycles. The van der Waals surface area contributed by atoms with Crippen molar-refractivity contribution in [3.05, 3.63) is 54.1 Å². The molecule has 3 rings (SSSR count). The lowest BCUT2D eigenvalue weighted by Gasteiger charge is -2.29. The van der Waals surface area contributed by atoms with E-state index in [0.717, 1.165) is 50.8 Å². The van der Waals surface area contributed by atoms with Gasteiger partial charge in [-0.05, 0) is 67.9 Å². The molecule has 1 aliphatic rings. The Hall–Kier alpha value is -2.38. The van der Waals surface area contributed by atoms with Crippen molar-refractivity contribution >= 4 is 22.0 Å². The molecule has 0 aliphatic carbocycles. The van der Waals surface area contributed by atoms with Gasteiger partial charge in [0.2, 0.25) is 10.0 Å². The van der Waals surface area contributed by atoms with Gasteiger partial charge in [-0.2, -0.15) is 0 Å². The van der Waals surface area contributed by atoms with Crippen LogP contribution in [-0.2, 0) is 21.4 Å². The maximum Gasteiger partial charge on any atom is 0.229 e. The summed E-state index contributed by atoms with van der Waals surface area (Å²) in [5.74, 6) is 1.58. The van der Waals surface area contributed by atoms with Gasteiger partial charge in [0.05, 0.1) is 6.26 Å². The molecule has 0 amide bonds. The summed E-state index contributed by atoms with van der Waals surface area (Å²) in [6, 6.07) is 14.7. The molecule has 0 unspecified atom stereocenters. The molecule has 1 fully saturated rings. The fourth-order valence-corrected chi connectivity index (χ4v) is 3.67. The van der Waals surface area contributed by atoms with Crippen LogP contribution in [0, 0.1) is 5.92 Å². The van der Waals surface area contributed by atoms with E-state index in [1.807, 2.05) is 24.3 Å². The summed E-state index contributed by atoms with van der Waals surface area (Å²) in [6.45, 7) is 2.78. The van der Waals surface area contributed by atoms with Crippen molar-refractivity contribution in [2.75, 3.05) is 24.1 Å². The van der Waals surface area contributed by atoms with E-state index < -0.39 is 10.0 Å². The number of benzene rings is 2. The second-order valence-electron chi connectivity index (χ2n) is 6.89. The van der Waals surface area contributed by atoms with Crippen molar-refractivity contribution in [3.63, 3.8) is 0 Å². The number of nitrogens with zero attached hydrogens (tertiary/aromatic N) is 1. The van der Waals surface area contributed by atoms with Gasteiger partial charge in [0.1, 0.15) is 17.8 Å². The normalized spacial score (nSPS) is 16.0. The molecule has 1 heterocycles. The summed E-state index contributed by atoms with van der Waals surface area (Å²) < 4.78 is 30.7. The van der Waals surface area contributed by atoms with Crippen molar-refractivity contribution in [2.24, 2.45) is 5.92 Å². The van der Waals surface area contributed by atoms with Crippen LogP contribution < -0.4 is 9.46 Å². The molecule has 2 aromatic carbocycles. The third kappa shape index (κ3) is 6.08. The van der Waals surface area contributed by atoms with Gasteiger partial charge >= 0.3 is 0 Å². The average molecular weight is 388 g/mol. The quantitative estimate of drug-likeness (QED) is 0.737. The van der Waals surface area contributed by atoms with E-state index in [4.69, 9.17) is 4.74 Å². The molecule has 7 heteroatoms. The average Bonchev–Trinajstić information content (AvgIpc) is 2.64. The van der Waals surface area contributed by atoms with Crippen LogP contribution in [0.15, 0.2) is 48.5 Å². The predicted molar refractivity (Wildman–Crippen MR) is 105 cm³/mol. The number of nitrogens with one attached hydrogen (secondary N) is 1. The van der Waals surface area contributed by atoms with Crippen molar-refractivity contribution in [1.82, 2.24) is 4.90 Å². The number of carbonyl (C=O) groups is 1. The fourth-order valence-electron chi connectivity index (χ4n) is 3.11. The number of anilines is 1. The Balaban J connectivity index is 1.54. The molecule has 2 aromatic rings. The lowest BCUT2D eigenvalue weighted by molar-refractivity contribution is -0.112. The molecule has 0 spiro atoms. The molecular weight excluding hydrogens is 364 g/mol. The Bertz CT molecular complexity index is 856. The monoisotopic (exact) mass is 388 g/mol. The first-order valence-corrected chi connectivity index (χ1v) is 10.8. The van der Waals surface area contributed by atoms with Crippen LogP contribution in [0.25, 0.3) is 0 Å². The number of rotatable bonds is 7. The standard InChI is InChI=1S/C20H24N2O4S/c1-27(24,25)21-18-4-8-20(9-5-18)26-19-6-2-16(3-7-19)14-22-12-10-17(15-23)11-13-22/h2-9,15,17,21H,10-14H2,1H3. The topological polar surface area (TPSA) is 75.7 Å². The third-order valence-electron chi connectivity index (χ3n) is 4.55. The van der Waals surface area contributed by atoms with Crippen molar-refractivity contribution in [2.45, 2.75) is 19.4 Å². The van der Waals surface area contributed by atoms with Crippen LogP contribution in [0.4, 0.5) is 5.69 Å². The Morgan fingerprint density at radius 2 is 1.59 bits per heavy atom. The summed E-state index contributed by atoms with van der Waals surface area (Å²) in [4.78, 5) is 13.2. The minimum absolute atomic E-state index is 0.219. The van der Waals surface area contributed by atoms with Crippen molar-refractivity contribution in [1.29, 1.82) is 0 Å². The Kier molecular flexibility index (Phi) is 6.13. The Labute approximate surface area is 160 Å². The van der Waals surface area contributed by atoms with Crippen LogP contribution in [0.1, 0.15) is 18.4 Å². The highest BCUT2D eigenvalue weighted by Crippen LogP contribution is 2.24. The molecule has 0 saturated carbocycles. The van der Waals surface area contributed by atoms with Crippen LogP contribution >= 0.6 is 0 Å². The second-order valence-corrected chi connectivity index (χ2v) is 8.64. The van der Waals surface area contributed by atoms with Crippen LogP contribution in [0.2, 0.25) is 0 Å². The number of hydrogen-bond acceptors (Lipinski definition) is 5. The number of likely N-dealkylation sites (tertiary alicyclic amines) is 1. The largest absolute Gasteiger partial charge is 0.457 e. The van der Waals surface area contributed by atoms with Gasteiger partial charge in [0.25, 0.3) is 0 Å². The van der Waals surface area contributed by atoms with E-state index in [2.05, 4.69) is 9.62 Å². The van der Waals surface area contributed by atoms with E-state index in [1.165, 1.54) is 5.56 Å². The number of aldehydes is 1. The first-order valence-electron chi connectivity index (χ1n) is 8.93. The highest BCUT2D eigenvalue weighted by molar-refractivity contribution is 7.92. The van der Waals surface area contributed by atoms with E-state index in [1.54, 1.807) is 24.3 Å². The molecule has 0 atom stereocenters. The maximum absolute atomic E-state index is 11.2. The van der Waals surface area contributed by atoms with E-state index in [9.17, 15) is 13.2 Å². The van der Waals surface area contributed by atoms with E-state index >= 15 is 0 Å².